The third kappa shape index (κ3) is 4.49. The fourth-order valence-corrected chi connectivity index (χ4v) is 2.18. The van der Waals surface area contributed by atoms with E-state index in [1.165, 1.54) is 12.8 Å². The summed E-state index contributed by atoms with van der Waals surface area (Å²) < 4.78 is 11.1. The molecule has 2 atom stereocenters. The van der Waals surface area contributed by atoms with Crippen molar-refractivity contribution in [2.45, 2.75) is 57.3 Å². The molecule has 0 amide bonds. The summed E-state index contributed by atoms with van der Waals surface area (Å²) in [4.78, 5) is 0. The molecule has 1 heterocycles. The first-order valence-corrected chi connectivity index (χ1v) is 5.91. The van der Waals surface area contributed by atoms with E-state index in [-0.39, 0.29) is 5.60 Å². The topological polar surface area (TPSA) is 30.5 Å². The number of hydrogen-bond donors (Lipinski definition) is 1. The van der Waals surface area contributed by atoms with Gasteiger partial charge in [-0.3, -0.25) is 0 Å². The van der Waals surface area contributed by atoms with E-state index in [1.807, 2.05) is 7.05 Å². The van der Waals surface area contributed by atoms with Gasteiger partial charge in [0.05, 0.1) is 18.3 Å². The van der Waals surface area contributed by atoms with Crippen LogP contribution in [-0.4, -0.2) is 38.5 Å². The number of rotatable bonds is 6. The first-order chi connectivity index (χ1) is 7.07. The molecule has 0 aromatic heterocycles. The number of ether oxygens (including phenoxy) is 2. The van der Waals surface area contributed by atoms with E-state index in [0.717, 1.165) is 19.4 Å². The van der Waals surface area contributed by atoms with Gasteiger partial charge in [0.1, 0.15) is 0 Å². The maximum absolute atomic E-state index is 5.95. The molecule has 1 N–H and O–H groups in total. The Morgan fingerprint density at radius 3 is 2.73 bits per heavy atom. The van der Waals surface area contributed by atoms with Gasteiger partial charge in [-0.05, 0) is 46.6 Å². The van der Waals surface area contributed by atoms with E-state index >= 15 is 0 Å². The first kappa shape index (κ1) is 12.9. The minimum absolute atomic E-state index is 0.0983. The third-order valence-electron chi connectivity index (χ3n) is 3.17. The lowest BCUT2D eigenvalue weighted by Gasteiger charge is -2.21. The lowest BCUT2D eigenvalue weighted by Crippen LogP contribution is -2.31. The van der Waals surface area contributed by atoms with Crippen LogP contribution in [0.5, 0.6) is 0 Å². The maximum atomic E-state index is 5.95. The second-order valence-corrected chi connectivity index (χ2v) is 5.06. The van der Waals surface area contributed by atoms with Gasteiger partial charge in [0.15, 0.2) is 0 Å². The molecule has 1 saturated heterocycles. The molecule has 1 fully saturated rings. The van der Waals surface area contributed by atoms with Crippen LogP contribution in [-0.2, 0) is 9.47 Å². The summed E-state index contributed by atoms with van der Waals surface area (Å²) in [5, 5.41) is 3.27. The van der Waals surface area contributed by atoms with Gasteiger partial charge in [-0.1, -0.05) is 0 Å². The van der Waals surface area contributed by atoms with Crippen LogP contribution in [0, 0.1) is 0 Å². The van der Waals surface area contributed by atoms with Gasteiger partial charge < -0.3 is 14.8 Å². The normalized spacial score (nSPS) is 26.8. The van der Waals surface area contributed by atoms with Crippen molar-refractivity contribution in [2.75, 3.05) is 20.8 Å². The Balaban J connectivity index is 2.19. The Bertz CT molecular complexity index is 182. The lowest BCUT2D eigenvalue weighted by molar-refractivity contribution is -0.0205. The molecule has 2 unspecified atom stereocenters. The highest BCUT2D eigenvalue weighted by atomic mass is 16.5. The van der Waals surface area contributed by atoms with Crippen LogP contribution in [0.2, 0.25) is 0 Å². The zero-order valence-electron chi connectivity index (χ0n) is 10.5. The van der Waals surface area contributed by atoms with Gasteiger partial charge in [-0.25, -0.2) is 0 Å². The van der Waals surface area contributed by atoms with Crippen LogP contribution in [0.1, 0.15) is 39.5 Å². The summed E-state index contributed by atoms with van der Waals surface area (Å²) >= 11 is 0. The predicted octanol–water partition coefficient (Wildman–Crippen LogP) is 1.96. The van der Waals surface area contributed by atoms with Gasteiger partial charge in [0.25, 0.3) is 0 Å². The molecule has 0 aromatic rings. The molecular weight excluding hydrogens is 190 g/mol. The molecule has 0 spiro atoms. The average molecular weight is 215 g/mol. The first-order valence-electron chi connectivity index (χ1n) is 5.91. The Labute approximate surface area is 93.5 Å². The van der Waals surface area contributed by atoms with Crippen molar-refractivity contribution >= 4 is 0 Å². The van der Waals surface area contributed by atoms with Gasteiger partial charge in [-0.15, -0.1) is 0 Å². The summed E-state index contributed by atoms with van der Waals surface area (Å²) in [6.45, 7) is 5.14. The Hall–Kier alpha value is -0.120. The average Bonchev–Trinajstić information content (AvgIpc) is 2.53. The van der Waals surface area contributed by atoms with Gasteiger partial charge in [0.2, 0.25) is 0 Å². The van der Waals surface area contributed by atoms with Crippen molar-refractivity contribution in [3.05, 3.63) is 0 Å². The van der Waals surface area contributed by atoms with Crippen LogP contribution in [0.25, 0.3) is 0 Å². The van der Waals surface area contributed by atoms with Gasteiger partial charge in [0, 0.05) is 13.2 Å². The van der Waals surface area contributed by atoms with E-state index in [0.29, 0.717) is 12.1 Å². The van der Waals surface area contributed by atoms with Crippen molar-refractivity contribution in [2.24, 2.45) is 0 Å². The summed E-state index contributed by atoms with van der Waals surface area (Å²) in [7, 11) is 3.74. The van der Waals surface area contributed by atoms with Crippen molar-refractivity contribution < 1.29 is 9.47 Å². The molecule has 0 bridgehead atoms. The van der Waals surface area contributed by atoms with Crippen molar-refractivity contribution in [3.63, 3.8) is 0 Å². The molecule has 3 nitrogen and oxygen atoms in total. The quantitative estimate of drug-likeness (QED) is 0.734. The highest BCUT2D eigenvalue weighted by Gasteiger charge is 2.31. The van der Waals surface area contributed by atoms with Crippen molar-refractivity contribution in [1.82, 2.24) is 5.32 Å². The molecule has 0 radical (unpaired) electrons. The predicted molar refractivity (Wildman–Crippen MR) is 62.1 cm³/mol. The van der Waals surface area contributed by atoms with E-state index in [9.17, 15) is 0 Å². The molecule has 90 valence electrons. The molecule has 1 rings (SSSR count). The molecule has 0 saturated carbocycles. The summed E-state index contributed by atoms with van der Waals surface area (Å²) in [6.07, 6.45) is 5.11. The second-order valence-electron chi connectivity index (χ2n) is 5.06. The fraction of sp³-hybridized carbons (Fsp3) is 1.00. The zero-order valence-corrected chi connectivity index (χ0v) is 10.5. The van der Waals surface area contributed by atoms with Crippen molar-refractivity contribution in [1.29, 1.82) is 0 Å². The largest absolute Gasteiger partial charge is 0.383 e. The van der Waals surface area contributed by atoms with Crippen molar-refractivity contribution in [3.8, 4) is 0 Å². The molecule has 0 aliphatic carbocycles. The van der Waals surface area contributed by atoms with E-state index < -0.39 is 0 Å². The number of hydrogen-bond acceptors (Lipinski definition) is 3. The van der Waals surface area contributed by atoms with E-state index in [4.69, 9.17) is 9.47 Å². The molecular formula is C12H25NO2. The maximum Gasteiger partial charge on any atom is 0.0631 e. The third-order valence-corrected chi connectivity index (χ3v) is 3.17. The molecule has 15 heavy (non-hydrogen) atoms. The van der Waals surface area contributed by atoms with Crippen LogP contribution < -0.4 is 5.32 Å². The van der Waals surface area contributed by atoms with E-state index in [2.05, 4.69) is 19.2 Å². The molecule has 0 aromatic carbocycles. The van der Waals surface area contributed by atoms with E-state index in [1.54, 1.807) is 7.11 Å². The van der Waals surface area contributed by atoms with Crippen LogP contribution in [0.15, 0.2) is 0 Å². The summed E-state index contributed by atoms with van der Waals surface area (Å²) in [6, 6.07) is 0.460. The zero-order chi connectivity index (χ0) is 11.3. The minimum Gasteiger partial charge on any atom is -0.383 e. The Morgan fingerprint density at radius 1 is 1.53 bits per heavy atom. The monoisotopic (exact) mass is 215 g/mol. The summed E-state index contributed by atoms with van der Waals surface area (Å²) in [5.74, 6) is 0. The van der Waals surface area contributed by atoms with Gasteiger partial charge in [-0.2, -0.15) is 0 Å². The highest BCUT2D eigenvalue weighted by Crippen LogP contribution is 2.31. The number of nitrogens with one attached hydrogen (secondary N) is 1. The van der Waals surface area contributed by atoms with Crippen LogP contribution in [0.3, 0.4) is 0 Å². The standard InChI is InChI=1S/C12H25NO2/c1-12(2)8-7-11(15-12)6-5-10(13-3)9-14-4/h10-11,13H,5-9H2,1-4H3. The summed E-state index contributed by atoms with van der Waals surface area (Å²) in [5.41, 5.74) is 0.0983. The number of likely N-dealkylation sites (N-methyl/N-ethyl adjacent to an activating group) is 1. The number of methoxy groups -OCH3 is 1. The van der Waals surface area contributed by atoms with Crippen LogP contribution >= 0.6 is 0 Å². The Kier molecular flexibility index (Phi) is 5.03. The van der Waals surface area contributed by atoms with Gasteiger partial charge >= 0.3 is 0 Å². The SMILES string of the molecule is CNC(CCC1CCC(C)(C)O1)COC. The minimum atomic E-state index is 0.0983. The smallest absolute Gasteiger partial charge is 0.0631 e. The molecule has 1 aliphatic heterocycles. The fourth-order valence-electron chi connectivity index (χ4n) is 2.18. The molecule has 3 heteroatoms. The second kappa shape index (κ2) is 5.83. The highest BCUT2D eigenvalue weighted by molar-refractivity contribution is 4.81. The lowest BCUT2D eigenvalue weighted by atomic mass is 10.0. The van der Waals surface area contributed by atoms with Crippen LogP contribution in [0.4, 0.5) is 0 Å². The molecule has 1 aliphatic rings. The Morgan fingerprint density at radius 2 is 2.27 bits per heavy atom.